The molecule has 1 fully saturated rings. The number of rotatable bonds is 4. The first kappa shape index (κ1) is 13.7. The van der Waals surface area contributed by atoms with Gasteiger partial charge in [0.2, 0.25) is 0 Å². The molecule has 7 nitrogen and oxygen atoms in total. The Morgan fingerprint density at radius 1 is 1.38 bits per heavy atom. The summed E-state index contributed by atoms with van der Waals surface area (Å²) >= 11 is 0. The van der Waals surface area contributed by atoms with Gasteiger partial charge in [0.05, 0.1) is 22.2 Å². The van der Waals surface area contributed by atoms with Crippen LogP contribution in [0.4, 0.5) is 11.5 Å². The number of fused-ring (bicyclic) bond motifs is 1. The van der Waals surface area contributed by atoms with Crippen LogP contribution in [0.1, 0.15) is 19.3 Å². The van der Waals surface area contributed by atoms with Gasteiger partial charge in [-0.1, -0.05) is 6.42 Å². The minimum Gasteiger partial charge on any atom is -0.367 e. The van der Waals surface area contributed by atoms with Crippen molar-refractivity contribution in [1.29, 1.82) is 0 Å². The Bertz CT molecular complexity index is 655. The number of nitro benzene ring substituents is 1. The standard InChI is InChI=1S/C14H17N5O2/c20-19(21)11-4-5-12-13(7-11)16-9-14(18-12)17-8-10-3-1-2-6-15-10/h4-5,7,9-10,15H,1-3,6,8H2,(H,17,18)/t10-/m0/s1. The van der Waals surface area contributed by atoms with Crippen LogP contribution in [0.15, 0.2) is 24.4 Å². The summed E-state index contributed by atoms with van der Waals surface area (Å²) in [5.41, 5.74) is 1.22. The highest BCUT2D eigenvalue weighted by atomic mass is 16.6. The summed E-state index contributed by atoms with van der Waals surface area (Å²) in [5, 5.41) is 17.5. The maximum absolute atomic E-state index is 10.7. The molecular weight excluding hydrogens is 270 g/mol. The molecule has 0 aliphatic carbocycles. The topological polar surface area (TPSA) is 93.0 Å². The van der Waals surface area contributed by atoms with Crippen LogP contribution < -0.4 is 10.6 Å². The lowest BCUT2D eigenvalue weighted by Gasteiger charge is -2.23. The van der Waals surface area contributed by atoms with E-state index in [9.17, 15) is 10.1 Å². The summed E-state index contributed by atoms with van der Waals surface area (Å²) in [7, 11) is 0. The number of anilines is 1. The molecule has 0 amide bonds. The van der Waals surface area contributed by atoms with Gasteiger partial charge in [0, 0.05) is 24.7 Å². The molecule has 0 saturated carbocycles. The predicted molar refractivity (Wildman–Crippen MR) is 80.3 cm³/mol. The van der Waals surface area contributed by atoms with Crippen molar-refractivity contribution in [2.45, 2.75) is 25.3 Å². The summed E-state index contributed by atoms with van der Waals surface area (Å²) in [6.07, 6.45) is 5.28. The number of piperidine rings is 1. The van der Waals surface area contributed by atoms with E-state index in [1.54, 1.807) is 12.3 Å². The molecule has 2 aromatic rings. The van der Waals surface area contributed by atoms with Crippen LogP contribution in [-0.2, 0) is 0 Å². The summed E-state index contributed by atoms with van der Waals surface area (Å²) in [4.78, 5) is 19.0. The molecule has 7 heteroatoms. The Labute approximate surface area is 121 Å². The first-order valence-corrected chi connectivity index (χ1v) is 7.11. The van der Waals surface area contributed by atoms with E-state index in [-0.39, 0.29) is 5.69 Å². The van der Waals surface area contributed by atoms with Crippen LogP contribution in [0.2, 0.25) is 0 Å². The molecule has 110 valence electrons. The van der Waals surface area contributed by atoms with Crippen molar-refractivity contribution in [2.24, 2.45) is 0 Å². The van der Waals surface area contributed by atoms with Crippen molar-refractivity contribution >= 4 is 22.5 Å². The van der Waals surface area contributed by atoms with E-state index in [4.69, 9.17) is 0 Å². The van der Waals surface area contributed by atoms with Crippen LogP contribution in [0.5, 0.6) is 0 Å². The zero-order valence-corrected chi connectivity index (χ0v) is 11.6. The number of non-ortho nitro benzene ring substituents is 1. The molecule has 0 unspecified atom stereocenters. The van der Waals surface area contributed by atoms with Crippen LogP contribution in [0.25, 0.3) is 11.0 Å². The van der Waals surface area contributed by atoms with E-state index < -0.39 is 4.92 Å². The Hall–Kier alpha value is -2.28. The number of hydrogen-bond donors (Lipinski definition) is 2. The summed E-state index contributed by atoms with van der Waals surface area (Å²) in [6.45, 7) is 1.88. The van der Waals surface area contributed by atoms with Gasteiger partial charge in [0.1, 0.15) is 5.82 Å². The van der Waals surface area contributed by atoms with E-state index in [1.165, 1.54) is 31.4 Å². The molecule has 1 aromatic heterocycles. The maximum atomic E-state index is 10.7. The Kier molecular flexibility index (Phi) is 3.92. The van der Waals surface area contributed by atoms with Crippen LogP contribution >= 0.6 is 0 Å². The van der Waals surface area contributed by atoms with Crippen LogP contribution in [-0.4, -0.2) is 34.0 Å². The van der Waals surface area contributed by atoms with Crippen molar-refractivity contribution < 1.29 is 4.92 Å². The van der Waals surface area contributed by atoms with Gasteiger partial charge in [0.15, 0.2) is 0 Å². The van der Waals surface area contributed by atoms with Gasteiger partial charge >= 0.3 is 0 Å². The van der Waals surface area contributed by atoms with E-state index >= 15 is 0 Å². The van der Waals surface area contributed by atoms with Crippen molar-refractivity contribution in [3.63, 3.8) is 0 Å². The third-order valence-corrected chi connectivity index (χ3v) is 3.68. The van der Waals surface area contributed by atoms with Crippen LogP contribution in [0, 0.1) is 10.1 Å². The number of nitro groups is 1. The quantitative estimate of drug-likeness (QED) is 0.660. The molecule has 1 aliphatic rings. The summed E-state index contributed by atoms with van der Waals surface area (Å²) in [6, 6.07) is 4.98. The number of nitrogens with zero attached hydrogens (tertiary/aromatic N) is 3. The number of hydrogen-bond acceptors (Lipinski definition) is 6. The number of benzene rings is 1. The molecule has 2 heterocycles. The zero-order valence-electron chi connectivity index (χ0n) is 11.6. The first-order valence-electron chi connectivity index (χ1n) is 7.11. The highest BCUT2D eigenvalue weighted by Crippen LogP contribution is 2.19. The highest BCUT2D eigenvalue weighted by molar-refractivity contribution is 5.78. The minimum absolute atomic E-state index is 0.0314. The van der Waals surface area contributed by atoms with E-state index in [0.717, 1.165) is 13.1 Å². The monoisotopic (exact) mass is 287 g/mol. The second-order valence-electron chi connectivity index (χ2n) is 5.21. The van der Waals surface area contributed by atoms with Gasteiger partial charge in [0.25, 0.3) is 5.69 Å². The predicted octanol–water partition coefficient (Wildman–Crippen LogP) is 2.09. The smallest absolute Gasteiger partial charge is 0.271 e. The normalized spacial score (nSPS) is 18.6. The summed E-state index contributed by atoms with van der Waals surface area (Å²) in [5.74, 6) is 0.698. The van der Waals surface area contributed by atoms with Gasteiger partial charge in [-0.05, 0) is 25.5 Å². The molecule has 3 rings (SSSR count). The average Bonchev–Trinajstić information content (AvgIpc) is 2.53. The van der Waals surface area contributed by atoms with Crippen molar-refractivity contribution in [2.75, 3.05) is 18.4 Å². The summed E-state index contributed by atoms with van der Waals surface area (Å²) < 4.78 is 0. The van der Waals surface area contributed by atoms with Crippen molar-refractivity contribution in [3.8, 4) is 0 Å². The molecule has 1 saturated heterocycles. The van der Waals surface area contributed by atoms with E-state index in [1.807, 2.05) is 0 Å². The lowest BCUT2D eigenvalue weighted by atomic mass is 10.1. The van der Waals surface area contributed by atoms with Gasteiger partial charge in [-0.3, -0.25) is 15.1 Å². The number of aromatic nitrogens is 2. The second-order valence-corrected chi connectivity index (χ2v) is 5.21. The van der Waals surface area contributed by atoms with Crippen LogP contribution in [0.3, 0.4) is 0 Å². The van der Waals surface area contributed by atoms with E-state index in [0.29, 0.717) is 22.9 Å². The van der Waals surface area contributed by atoms with Gasteiger partial charge in [-0.25, -0.2) is 4.98 Å². The van der Waals surface area contributed by atoms with Gasteiger partial charge in [-0.2, -0.15) is 0 Å². The molecule has 0 bridgehead atoms. The lowest BCUT2D eigenvalue weighted by molar-refractivity contribution is -0.384. The third kappa shape index (κ3) is 3.25. The Balaban J connectivity index is 1.71. The second kappa shape index (κ2) is 6.01. The molecule has 0 radical (unpaired) electrons. The third-order valence-electron chi connectivity index (χ3n) is 3.68. The fourth-order valence-electron chi connectivity index (χ4n) is 2.52. The van der Waals surface area contributed by atoms with Gasteiger partial charge in [-0.15, -0.1) is 0 Å². The number of nitrogens with one attached hydrogen (secondary N) is 2. The average molecular weight is 287 g/mol. The minimum atomic E-state index is -0.429. The van der Waals surface area contributed by atoms with Gasteiger partial charge < -0.3 is 10.6 Å². The maximum Gasteiger partial charge on any atom is 0.271 e. The first-order chi connectivity index (χ1) is 10.2. The molecule has 1 atom stereocenters. The molecule has 1 aliphatic heterocycles. The molecular formula is C14H17N5O2. The largest absolute Gasteiger partial charge is 0.367 e. The highest BCUT2D eigenvalue weighted by Gasteiger charge is 2.12. The SMILES string of the molecule is O=[N+]([O-])c1ccc2nc(NC[C@@H]3CCCCN3)cnc2c1. The van der Waals surface area contributed by atoms with E-state index in [2.05, 4.69) is 20.6 Å². The van der Waals surface area contributed by atoms with Crippen molar-refractivity contribution in [1.82, 2.24) is 15.3 Å². The lowest BCUT2D eigenvalue weighted by Crippen LogP contribution is -2.39. The Morgan fingerprint density at radius 3 is 3.05 bits per heavy atom. The molecule has 2 N–H and O–H groups in total. The molecule has 21 heavy (non-hydrogen) atoms. The van der Waals surface area contributed by atoms with Crippen molar-refractivity contribution in [3.05, 3.63) is 34.5 Å². The Morgan fingerprint density at radius 2 is 2.29 bits per heavy atom. The fourth-order valence-corrected chi connectivity index (χ4v) is 2.52. The molecule has 0 spiro atoms. The fraction of sp³-hybridized carbons (Fsp3) is 0.429. The molecule has 1 aromatic carbocycles. The zero-order chi connectivity index (χ0) is 14.7.